The van der Waals surface area contributed by atoms with Crippen LogP contribution in [0, 0.1) is 0 Å². The minimum absolute atomic E-state index is 0. The van der Waals surface area contributed by atoms with Gasteiger partial charge in [0.1, 0.15) is 0 Å². The highest BCUT2D eigenvalue weighted by Gasteiger charge is 1.86. The number of aliphatic hydroxyl groups is 1. The van der Waals surface area contributed by atoms with Gasteiger partial charge in [-0.05, 0) is 17.7 Å². The first-order valence-corrected chi connectivity index (χ1v) is 4.78. The lowest BCUT2D eigenvalue weighted by atomic mass is 10.2. The van der Waals surface area contributed by atoms with Gasteiger partial charge in [0.15, 0.2) is 0 Å². The van der Waals surface area contributed by atoms with Crippen molar-refractivity contribution in [2.24, 2.45) is 0 Å². The van der Waals surface area contributed by atoms with E-state index in [9.17, 15) is 0 Å². The summed E-state index contributed by atoms with van der Waals surface area (Å²) in [6.07, 6.45) is 0. The minimum atomic E-state index is 0. The van der Waals surface area contributed by atoms with Crippen molar-refractivity contribution in [2.75, 3.05) is 5.73 Å². The Hall–Kier alpha value is -1.02. The van der Waals surface area contributed by atoms with Crippen LogP contribution in [0.3, 0.4) is 0 Å². The highest BCUT2D eigenvalue weighted by atomic mass is 16.3. The topological polar surface area (TPSA) is 46.2 Å². The third-order valence-corrected chi connectivity index (χ3v) is 1.16. The van der Waals surface area contributed by atoms with Gasteiger partial charge in [-0.2, -0.15) is 0 Å². The summed E-state index contributed by atoms with van der Waals surface area (Å²) in [7, 11) is 0. The first-order valence-electron chi connectivity index (χ1n) is 4.78. The molecule has 0 atom stereocenters. The summed E-state index contributed by atoms with van der Waals surface area (Å²) >= 11 is 0. The van der Waals surface area contributed by atoms with Crippen LogP contribution in [0.1, 0.15) is 34.7 Å². The van der Waals surface area contributed by atoms with Crippen molar-refractivity contribution >= 4 is 5.69 Å². The Labute approximate surface area is 82.9 Å². The van der Waals surface area contributed by atoms with Gasteiger partial charge in [-0.15, -0.1) is 0 Å². The number of benzene rings is 1. The molecule has 13 heavy (non-hydrogen) atoms. The fraction of sp³-hybridized carbons (Fsp3) is 0.455. The quantitative estimate of drug-likeness (QED) is 0.660. The van der Waals surface area contributed by atoms with Crippen molar-refractivity contribution in [3.63, 3.8) is 0 Å². The lowest BCUT2D eigenvalue weighted by molar-refractivity contribution is 0.282. The molecule has 0 aliphatic heterocycles. The van der Waals surface area contributed by atoms with Gasteiger partial charge < -0.3 is 10.8 Å². The maximum Gasteiger partial charge on any atom is 0.0681 e. The van der Waals surface area contributed by atoms with Crippen molar-refractivity contribution < 1.29 is 6.53 Å². The Kier molecular flexibility index (Phi) is 12.2. The van der Waals surface area contributed by atoms with E-state index in [-0.39, 0.29) is 8.03 Å². The lowest BCUT2D eigenvalue weighted by Crippen LogP contribution is -1.85. The number of aliphatic hydroxyl groups excluding tert-OH is 1. The molecule has 1 aromatic rings. The van der Waals surface area contributed by atoms with Gasteiger partial charge in [0.25, 0.3) is 0 Å². The van der Waals surface area contributed by atoms with Crippen LogP contribution in [0.5, 0.6) is 0 Å². The molecule has 2 heteroatoms. The molecule has 0 bridgehead atoms. The Morgan fingerprint density at radius 2 is 1.46 bits per heavy atom. The number of hydrogen-bond donors (Lipinski definition) is 2. The van der Waals surface area contributed by atoms with Gasteiger partial charge >= 0.3 is 0 Å². The average Bonchev–Trinajstić information content (AvgIpc) is 2.25. The van der Waals surface area contributed by atoms with Crippen molar-refractivity contribution in [1.29, 1.82) is 0 Å². The number of hydrogen-bond acceptors (Lipinski definition) is 2. The Bertz CT molecular complexity index is 187. The maximum absolute atomic E-state index is 8.59. The molecule has 1 rings (SSSR count). The second kappa shape index (κ2) is 11.0. The molecule has 0 saturated carbocycles. The van der Waals surface area contributed by atoms with E-state index < -0.39 is 0 Å². The fourth-order valence-electron chi connectivity index (χ4n) is 0.623. The van der Waals surface area contributed by atoms with E-state index >= 15 is 0 Å². The molecule has 0 aromatic heterocycles. The molecule has 3 N–H and O–H groups in total. The van der Waals surface area contributed by atoms with Gasteiger partial charge in [-0.25, -0.2) is 0 Å². The number of anilines is 1. The molecular weight excluding hydrogens is 162 g/mol. The molecule has 2 nitrogen and oxygen atoms in total. The molecule has 0 aliphatic rings. The monoisotopic (exact) mass is 185 g/mol. The summed E-state index contributed by atoms with van der Waals surface area (Å²) in [6.45, 7) is 8.08. The lowest BCUT2D eigenvalue weighted by Gasteiger charge is -1.94. The molecule has 0 saturated heterocycles. The van der Waals surface area contributed by atoms with Crippen LogP contribution in [0.15, 0.2) is 24.3 Å². The second-order valence-corrected chi connectivity index (χ2v) is 1.90. The van der Waals surface area contributed by atoms with E-state index in [0.29, 0.717) is 0 Å². The predicted octanol–water partition coefficient (Wildman–Crippen LogP) is 3.06. The first kappa shape index (κ1) is 14.5. The summed E-state index contributed by atoms with van der Waals surface area (Å²) < 4.78 is 0. The Morgan fingerprint density at radius 1 is 1.08 bits per heavy atom. The standard InChI is InChI=1S/C7H9NO.2C2H6.H2/c8-7-3-1-6(5-9)2-4-7;2*1-2;/h1-4,9H,5,8H2;2*1-2H3;1H. The highest BCUT2D eigenvalue weighted by Crippen LogP contribution is 2.03. The minimum Gasteiger partial charge on any atom is -0.399 e. The van der Waals surface area contributed by atoms with Gasteiger partial charge in [-0.3, -0.25) is 0 Å². The summed E-state index contributed by atoms with van der Waals surface area (Å²) in [6, 6.07) is 7.14. The Morgan fingerprint density at radius 3 is 1.77 bits per heavy atom. The van der Waals surface area contributed by atoms with Crippen molar-refractivity contribution in [1.82, 2.24) is 0 Å². The normalized spacial score (nSPS) is 7.46. The van der Waals surface area contributed by atoms with Crippen molar-refractivity contribution in [3.8, 4) is 0 Å². The molecule has 0 radical (unpaired) electrons. The zero-order valence-electron chi connectivity index (χ0n) is 9.04. The SMILES string of the molecule is CC.CC.Nc1ccc(CO)cc1.[HH]. The van der Waals surface area contributed by atoms with Crippen LogP contribution < -0.4 is 5.73 Å². The van der Waals surface area contributed by atoms with E-state index in [1.807, 2.05) is 27.7 Å². The number of nitrogens with two attached hydrogens (primary N) is 1. The van der Waals surface area contributed by atoms with Gasteiger partial charge in [-0.1, -0.05) is 39.8 Å². The van der Waals surface area contributed by atoms with Crippen molar-refractivity contribution in [3.05, 3.63) is 29.8 Å². The van der Waals surface area contributed by atoms with Crippen LogP contribution in [-0.4, -0.2) is 5.11 Å². The van der Waals surface area contributed by atoms with E-state index in [1.165, 1.54) is 0 Å². The van der Waals surface area contributed by atoms with E-state index in [0.717, 1.165) is 11.3 Å². The summed E-state index contributed by atoms with van der Waals surface area (Å²) in [5, 5.41) is 8.59. The van der Waals surface area contributed by atoms with E-state index in [1.54, 1.807) is 24.3 Å². The van der Waals surface area contributed by atoms with Crippen LogP contribution in [0.2, 0.25) is 0 Å². The van der Waals surface area contributed by atoms with Gasteiger partial charge in [0.05, 0.1) is 6.61 Å². The zero-order chi connectivity index (χ0) is 10.7. The predicted molar refractivity (Wildman–Crippen MR) is 61.6 cm³/mol. The summed E-state index contributed by atoms with van der Waals surface area (Å²) in [4.78, 5) is 0. The highest BCUT2D eigenvalue weighted by molar-refractivity contribution is 5.38. The van der Waals surface area contributed by atoms with E-state index in [4.69, 9.17) is 10.8 Å². The third kappa shape index (κ3) is 7.34. The van der Waals surface area contributed by atoms with Crippen LogP contribution in [0.25, 0.3) is 0 Å². The smallest absolute Gasteiger partial charge is 0.0681 e. The summed E-state index contributed by atoms with van der Waals surface area (Å²) in [5.74, 6) is 0. The molecule has 0 unspecified atom stereocenters. The average molecular weight is 185 g/mol. The van der Waals surface area contributed by atoms with Crippen molar-refractivity contribution in [2.45, 2.75) is 34.3 Å². The maximum atomic E-state index is 8.59. The second-order valence-electron chi connectivity index (χ2n) is 1.90. The summed E-state index contributed by atoms with van der Waals surface area (Å²) in [5.41, 5.74) is 7.02. The first-order chi connectivity index (χ1) is 6.33. The molecule has 0 fully saturated rings. The fourth-order valence-corrected chi connectivity index (χ4v) is 0.623. The zero-order valence-corrected chi connectivity index (χ0v) is 9.04. The van der Waals surface area contributed by atoms with Crippen LogP contribution >= 0.6 is 0 Å². The molecule has 0 heterocycles. The Balaban J connectivity index is -0.000000216. The third-order valence-electron chi connectivity index (χ3n) is 1.16. The molecule has 0 spiro atoms. The molecule has 78 valence electrons. The van der Waals surface area contributed by atoms with Gasteiger partial charge in [0.2, 0.25) is 0 Å². The molecule has 0 amide bonds. The number of rotatable bonds is 1. The molecule has 1 aromatic carbocycles. The van der Waals surface area contributed by atoms with E-state index in [2.05, 4.69) is 0 Å². The van der Waals surface area contributed by atoms with Crippen LogP contribution in [0.4, 0.5) is 5.69 Å². The molecule has 0 aliphatic carbocycles. The van der Waals surface area contributed by atoms with Gasteiger partial charge in [0, 0.05) is 7.11 Å². The molecular formula is C11H23NO. The largest absolute Gasteiger partial charge is 0.399 e. The number of nitrogen functional groups attached to an aromatic ring is 1. The van der Waals surface area contributed by atoms with Crippen LogP contribution in [-0.2, 0) is 6.61 Å².